The fourth-order valence-electron chi connectivity index (χ4n) is 2.05. The third kappa shape index (κ3) is 1.75. The molecule has 0 aliphatic carbocycles. The minimum Gasteiger partial charge on any atom is -0.325 e. The molecule has 1 aromatic rings. The Bertz CT molecular complexity index is 412. The van der Waals surface area contributed by atoms with E-state index in [0.29, 0.717) is 6.42 Å². The SMILES string of the molecule is CCC(N)c1cc(C)cc2c1NC(=O)C2. The third-order valence-electron chi connectivity index (χ3n) is 2.85. The summed E-state index contributed by atoms with van der Waals surface area (Å²) < 4.78 is 0. The summed E-state index contributed by atoms with van der Waals surface area (Å²) >= 11 is 0. The number of fused-ring (bicyclic) bond motifs is 1. The lowest BCUT2D eigenvalue weighted by molar-refractivity contribution is -0.115. The Kier molecular flexibility index (Phi) is 2.49. The molecule has 0 fully saturated rings. The Balaban J connectivity index is 2.51. The molecule has 1 atom stereocenters. The summed E-state index contributed by atoms with van der Waals surface area (Å²) in [4.78, 5) is 11.3. The highest BCUT2D eigenvalue weighted by molar-refractivity contribution is 6.00. The van der Waals surface area contributed by atoms with Crippen LogP contribution in [-0.2, 0) is 11.2 Å². The maximum atomic E-state index is 11.3. The summed E-state index contributed by atoms with van der Waals surface area (Å²) in [5.41, 5.74) is 10.3. The van der Waals surface area contributed by atoms with Crippen molar-refractivity contribution in [1.82, 2.24) is 0 Å². The first-order chi connectivity index (χ1) is 7.11. The zero-order valence-corrected chi connectivity index (χ0v) is 9.13. The normalized spacial score (nSPS) is 16.1. The van der Waals surface area contributed by atoms with Crippen molar-refractivity contribution in [3.8, 4) is 0 Å². The van der Waals surface area contributed by atoms with Crippen LogP contribution in [0.25, 0.3) is 0 Å². The highest BCUT2D eigenvalue weighted by Crippen LogP contribution is 2.32. The molecule has 0 radical (unpaired) electrons. The number of nitrogens with one attached hydrogen (secondary N) is 1. The van der Waals surface area contributed by atoms with E-state index in [-0.39, 0.29) is 11.9 Å². The maximum Gasteiger partial charge on any atom is 0.228 e. The molecule has 2 rings (SSSR count). The van der Waals surface area contributed by atoms with Crippen LogP contribution >= 0.6 is 0 Å². The van der Waals surface area contributed by atoms with Gasteiger partial charge in [0.05, 0.1) is 6.42 Å². The molecule has 1 amide bonds. The van der Waals surface area contributed by atoms with E-state index in [1.165, 1.54) is 5.56 Å². The minimum absolute atomic E-state index is 0.0112. The molecule has 1 aromatic carbocycles. The van der Waals surface area contributed by atoms with Gasteiger partial charge >= 0.3 is 0 Å². The molecule has 1 aliphatic heterocycles. The predicted octanol–water partition coefficient (Wildman–Crippen LogP) is 1.90. The predicted molar refractivity (Wildman–Crippen MR) is 60.7 cm³/mol. The van der Waals surface area contributed by atoms with E-state index in [0.717, 1.165) is 23.2 Å². The van der Waals surface area contributed by atoms with Crippen molar-refractivity contribution < 1.29 is 4.79 Å². The number of benzene rings is 1. The first kappa shape index (κ1) is 10.2. The van der Waals surface area contributed by atoms with Crippen molar-refractivity contribution >= 4 is 11.6 Å². The van der Waals surface area contributed by atoms with Crippen LogP contribution in [0.4, 0.5) is 5.69 Å². The number of hydrogen-bond acceptors (Lipinski definition) is 2. The summed E-state index contributed by atoms with van der Waals surface area (Å²) in [7, 11) is 0. The number of carbonyl (C=O) groups excluding carboxylic acids is 1. The van der Waals surface area contributed by atoms with Gasteiger partial charge in [0, 0.05) is 11.7 Å². The van der Waals surface area contributed by atoms with Crippen LogP contribution in [-0.4, -0.2) is 5.91 Å². The van der Waals surface area contributed by atoms with Gasteiger partial charge in [0.1, 0.15) is 0 Å². The standard InChI is InChI=1S/C12H16N2O/c1-3-10(13)9-5-7(2)4-8-6-11(15)14-12(8)9/h4-5,10H,3,6,13H2,1-2H3,(H,14,15). The molecule has 1 aliphatic rings. The summed E-state index contributed by atoms with van der Waals surface area (Å²) in [5.74, 6) is 0.0696. The largest absolute Gasteiger partial charge is 0.325 e. The van der Waals surface area contributed by atoms with Gasteiger partial charge in [-0.15, -0.1) is 0 Å². The van der Waals surface area contributed by atoms with Gasteiger partial charge in [-0.05, 0) is 24.5 Å². The molecule has 3 N–H and O–H groups in total. The van der Waals surface area contributed by atoms with Gasteiger partial charge in [-0.25, -0.2) is 0 Å². The van der Waals surface area contributed by atoms with E-state index < -0.39 is 0 Å². The number of amides is 1. The van der Waals surface area contributed by atoms with Gasteiger partial charge in [-0.2, -0.15) is 0 Å². The van der Waals surface area contributed by atoms with Crippen molar-refractivity contribution in [1.29, 1.82) is 0 Å². The highest BCUT2D eigenvalue weighted by atomic mass is 16.1. The first-order valence-electron chi connectivity index (χ1n) is 5.30. The van der Waals surface area contributed by atoms with Crippen LogP contribution in [0.5, 0.6) is 0 Å². The maximum absolute atomic E-state index is 11.3. The van der Waals surface area contributed by atoms with Crippen molar-refractivity contribution in [2.75, 3.05) is 5.32 Å². The van der Waals surface area contributed by atoms with Crippen LogP contribution in [0.2, 0.25) is 0 Å². The Labute approximate surface area is 89.7 Å². The molecule has 0 spiro atoms. The topological polar surface area (TPSA) is 55.1 Å². The minimum atomic E-state index is 0.0112. The van der Waals surface area contributed by atoms with Gasteiger partial charge in [0.25, 0.3) is 0 Å². The number of rotatable bonds is 2. The fourth-order valence-corrected chi connectivity index (χ4v) is 2.05. The number of anilines is 1. The second-order valence-electron chi connectivity index (χ2n) is 4.13. The Morgan fingerprint density at radius 2 is 2.27 bits per heavy atom. The molecule has 1 heterocycles. The first-order valence-corrected chi connectivity index (χ1v) is 5.30. The van der Waals surface area contributed by atoms with Crippen LogP contribution in [0.1, 0.15) is 36.1 Å². The smallest absolute Gasteiger partial charge is 0.228 e. The van der Waals surface area contributed by atoms with Gasteiger partial charge in [-0.3, -0.25) is 4.79 Å². The van der Waals surface area contributed by atoms with E-state index in [9.17, 15) is 4.79 Å². The zero-order chi connectivity index (χ0) is 11.0. The summed E-state index contributed by atoms with van der Waals surface area (Å²) in [6, 6.07) is 4.13. The molecule has 0 bridgehead atoms. The summed E-state index contributed by atoms with van der Waals surface area (Å²) in [5, 5.41) is 2.89. The molecular formula is C12H16N2O. The lowest BCUT2D eigenvalue weighted by Crippen LogP contribution is -2.12. The van der Waals surface area contributed by atoms with Crippen LogP contribution in [0.15, 0.2) is 12.1 Å². The van der Waals surface area contributed by atoms with Crippen LogP contribution in [0, 0.1) is 6.92 Å². The van der Waals surface area contributed by atoms with Crippen LogP contribution < -0.4 is 11.1 Å². The number of carbonyl (C=O) groups is 1. The van der Waals surface area contributed by atoms with Gasteiger partial charge in [0.15, 0.2) is 0 Å². The Morgan fingerprint density at radius 3 is 2.93 bits per heavy atom. The lowest BCUT2D eigenvalue weighted by atomic mass is 9.97. The monoisotopic (exact) mass is 204 g/mol. The fraction of sp³-hybridized carbons (Fsp3) is 0.417. The molecule has 80 valence electrons. The molecule has 15 heavy (non-hydrogen) atoms. The summed E-state index contributed by atoms with van der Waals surface area (Å²) in [6.45, 7) is 4.09. The van der Waals surface area contributed by atoms with E-state index in [1.54, 1.807) is 0 Å². The van der Waals surface area contributed by atoms with E-state index in [2.05, 4.69) is 24.4 Å². The molecule has 3 nitrogen and oxygen atoms in total. The van der Waals surface area contributed by atoms with E-state index >= 15 is 0 Å². The van der Waals surface area contributed by atoms with E-state index in [4.69, 9.17) is 5.73 Å². The van der Waals surface area contributed by atoms with Crippen molar-refractivity contribution in [3.05, 3.63) is 28.8 Å². The van der Waals surface area contributed by atoms with Gasteiger partial charge < -0.3 is 11.1 Å². The zero-order valence-electron chi connectivity index (χ0n) is 9.13. The average molecular weight is 204 g/mol. The summed E-state index contributed by atoms with van der Waals surface area (Å²) in [6.07, 6.45) is 1.37. The molecule has 0 saturated carbocycles. The van der Waals surface area contributed by atoms with Crippen molar-refractivity contribution in [2.45, 2.75) is 32.7 Å². The van der Waals surface area contributed by atoms with E-state index in [1.807, 2.05) is 6.92 Å². The quantitative estimate of drug-likeness (QED) is 0.773. The Morgan fingerprint density at radius 1 is 1.53 bits per heavy atom. The highest BCUT2D eigenvalue weighted by Gasteiger charge is 2.22. The van der Waals surface area contributed by atoms with Crippen molar-refractivity contribution in [3.63, 3.8) is 0 Å². The third-order valence-corrected chi connectivity index (χ3v) is 2.85. The Hall–Kier alpha value is -1.35. The molecule has 0 aromatic heterocycles. The molecular weight excluding hydrogens is 188 g/mol. The number of nitrogens with two attached hydrogens (primary N) is 1. The molecule has 0 saturated heterocycles. The average Bonchev–Trinajstić information content (AvgIpc) is 2.55. The second-order valence-corrected chi connectivity index (χ2v) is 4.13. The number of hydrogen-bond donors (Lipinski definition) is 2. The van der Waals surface area contributed by atoms with Gasteiger partial charge in [0.2, 0.25) is 5.91 Å². The second kappa shape index (κ2) is 3.66. The molecule has 1 unspecified atom stereocenters. The van der Waals surface area contributed by atoms with Crippen molar-refractivity contribution in [2.24, 2.45) is 5.73 Å². The number of aryl methyl sites for hydroxylation is 1. The lowest BCUT2D eigenvalue weighted by Gasteiger charge is -2.15. The van der Waals surface area contributed by atoms with Crippen LogP contribution in [0.3, 0.4) is 0 Å². The molecule has 3 heteroatoms. The van der Waals surface area contributed by atoms with Gasteiger partial charge in [-0.1, -0.05) is 24.6 Å².